The molecule has 128 valence electrons. The Kier molecular flexibility index (Phi) is 4.95. The highest BCUT2D eigenvalue weighted by atomic mass is 79.9. The number of piperidine rings is 1. The van der Waals surface area contributed by atoms with E-state index in [0.29, 0.717) is 6.04 Å². The summed E-state index contributed by atoms with van der Waals surface area (Å²) in [6.07, 6.45) is 6.04. The van der Waals surface area contributed by atoms with Gasteiger partial charge in [0.2, 0.25) is 0 Å². The van der Waals surface area contributed by atoms with E-state index in [1.807, 2.05) is 24.5 Å². The molecule has 1 saturated heterocycles. The molecular formula is C20H21BrN4. The Balaban J connectivity index is 1.40. The quantitative estimate of drug-likeness (QED) is 0.706. The lowest BCUT2D eigenvalue weighted by Gasteiger charge is -2.32. The minimum absolute atomic E-state index is 0.504. The van der Waals surface area contributed by atoms with Gasteiger partial charge in [-0.3, -0.25) is 14.9 Å². The van der Waals surface area contributed by atoms with Gasteiger partial charge in [0.25, 0.3) is 0 Å². The molecule has 1 N–H and O–H groups in total. The van der Waals surface area contributed by atoms with Gasteiger partial charge in [0.05, 0.1) is 11.2 Å². The number of nitrogens with zero attached hydrogens (tertiary/aromatic N) is 3. The second-order valence-corrected chi connectivity index (χ2v) is 7.36. The molecule has 4 nitrogen and oxygen atoms in total. The molecule has 1 fully saturated rings. The molecular weight excluding hydrogens is 376 g/mol. The van der Waals surface area contributed by atoms with E-state index in [1.165, 1.54) is 11.1 Å². The van der Waals surface area contributed by atoms with E-state index < -0.39 is 0 Å². The Hall–Kier alpha value is -1.98. The Labute approximate surface area is 156 Å². The first-order valence-electron chi connectivity index (χ1n) is 8.71. The fourth-order valence-corrected chi connectivity index (χ4v) is 3.91. The lowest BCUT2D eigenvalue weighted by Crippen LogP contribution is -2.38. The maximum Gasteiger partial charge on any atom is 0.0864 e. The van der Waals surface area contributed by atoms with Gasteiger partial charge >= 0.3 is 0 Å². The molecule has 0 saturated carbocycles. The van der Waals surface area contributed by atoms with Crippen LogP contribution in [0.1, 0.15) is 18.5 Å². The average molecular weight is 397 g/mol. The molecule has 1 aliphatic rings. The average Bonchev–Trinajstić information content (AvgIpc) is 2.65. The molecule has 3 heterocycles. The molecule has 4 rings (SSSR count). The van der Waals surface area contributed by atoms with Crippen LogP contribution < -0.4 is 5.32 Å². The fraction of sp³-hybridized carbons (Fsp3) is 0.300. The molecule has 0 bridgehead atoms. The molecule has 5 heteroatoms. The number of hydrogen-bond donors (Lipinski definition) is 1. The van der Waals surface area contributed by atoms with E-state index in [2.05, 4.69) is 66.4 Å². The predicted molar refractivity (Wildman–Crippen MR) is 106 cm³/mol. The maximum absolute atomic E-state index is 4.49. The second kappa shape index (κ2) is 7.50. The van der Waals surface area contributed by atoms with E-state index in [4.69, 9.17) is 0 Å². The summed E-state index contributed by atoms with van der Waals surface area (Å²) >= 11 is 3.59. The monoisotopic (exact) mass is 396 g/mol. The standard InChI is InChI=1S/C20H21BrN4/c21-18-6-3-5-17-19(7-11-23-20(17)18)24-15-8-12-25(13-9-15)14-16-4-1-2-10-22-16/h1-7,10-11,15H,8-9,12-14H2,(H,23,24). The first kappa shape index (κ1) is 16.5. The Morgan fingerprint density at radius 3 is 2.68 bits per heavy atom. The topological polar surface area (TPSA) is 41.0 Å². The van der Waals surface area contributed by atoms with E-state index in [1.54, 1.807) is 0 Å². The van der Waals surface area contributed by atoms with E-state index in [9.17, 15) is 0 Å². The second-order valence-electron chi connectivity index (χ2n) is 6.51. The lowest BCUT2D eigenvalue weighted by molar-refractivity contribution is 0.209. The third-order valence-corrected chi connectivity index (χ3v) is 5.42. The van der Waals surface area contributed by atoms with Gasteiger partial charge in [-0.2, -0.15) is 0 Å². The number of benzene rings is 1. The first-order chi connectivity index (χ1) is 12.3. The van der Waals surface area contributed by atoms with Gasteiger partial charge in [0.15, 0.2) is 0 Å². The van der Waals surface area contributed by atoms with Gasteiger partial charge in [-0.15, -0.1) is 0 Å². The summed E-state index contributed by atoms with van der Waals surface area (Å²) in [7, 11) is 0. The van der Waals surface area contributed by atoms with Crippen molar-refractivity contribution < 1.29 is 0 Å². The minimum atomic E-state index is 0.504. The normalized spacial score (nSPS) is 16.2. The smallest absolute Gasteiger partial charge is 0.0864 e. The third-order valence-electron chi connectivity index (χ3n) is 4.78. The van der Waals surface area contributed by atoms with Crippen LogP contribution in [-0.2, 0) is 6.54 Å². The molecule has 0 amide bonds. The van der Waals surface area contributed by atoms with Crippen molar-refractivity contribution >= 4 is 32.5 Å². The zero-order valence-electron chi connectivity index (χ0n) is 14.0. The first-order valence-corrected chi connectivity index (χ1v) is 9.51. The van der Waals surface area contributed by atoms with Crippen molar-refractivity contribution in [1.82, 2.24) is 14.9 Å². The number of pyridine rings is 2. The van der Waals surface area contributed by atoms with Crippen molar-refractivity contribution in [2.45, 2.75) is 25.4 Å². The largest absolute Gasteiger partial charge is 0.382 e. The summed E-state index contributed by atoms with van der Waals surface area (Å²) in [4.78, 5) is 11.4. The third kappa shape index (κ3) is 3.83. The summed E-state index contributed by atoms with van der Waals surface area (Å²) in [5, 5.41) is 4.91. The van der Waals surface area contributed by atoms with Gasteiger partial charge in [-0.1, -0.05) is 18.2 Å². The van der Waals surface area contributed by atoms with Crippen LogP contribution in [0.15, 0.2) is 59.3 Å². The summed E-state index contributed by atoms with van der Waals surface area (Å²) in [6.45, 7) is 3.14. The van der Waals surface area contributed by atoms with Crippen molar-refractivity contribution in [2.75, 3.05) is 18.4 Å². The molecule has 0 spiro atoms. The molecule has 25 heavy (non-hydrogen) atoms. The number of likely N-dealkylation sites (tertiary alicyclic amines) is 1. The van der Waals surface area contributed by atoms with Gasteiger partial charge in [-0.05, 0) is 53.0 Å². The minimum Gasteiger partial charge on any atom is -0.382 e. The Morgan fingerprint density at radius 1 is 1.00 bits per heavy atom. The highest BCUT2D eigenvalue weighted by Gasteiger charge is 2.20. The fourth-order valence-electron chi connectivity index (χ4n) is 3.44. The summed E-state index contributed by atoms with van der Waals surface area (Å²) < 4.78 is 1.04. The van der Waals surface area contributed by atoms with Crippen LogP contribution in [0.2, 0.25) is 0 Å². The van der Waals surface area contributed by atoms with Crippen LogP contribution >= 0.6 is 15.9 Å². The van der Waals surface area contributed by atoms with Crippen molar-refractivity contribution in [3.63, 3.8) is 0 Å². The van der Waals surface area contributed by atoms with Crippen molar-refractivity contribution in [1.29, 1.82) is 0 Å². The highest BCUT2D eigenvalue weighted by molar-refractivity contribution is 9.10. The number of aromatic nitrogens is 2. The van der Waals surface area contributed by atoms with Crippen molar-refractivity contribution in [3.8, 4) is 0 Å². The number of hydrogen-bond acceptors (Lipinski definition) is 4. The molecule has 0 atom stereocenters. The number of fused-ring (bicyclic) bond motifs is 1. The van der Waals surface area contributed by atoms with Crippen LogP contribution in [0.5, 0.6) is 0 Å². The highest BCUT2D eigenvalue weighted by Crippen LogP contribution is 2.28. The molecule has 1 aromatic carbocycles. The maximum atomic E-state index is 4.49. The van der Waals surface area contributed by atoms with Crippen molar-refractivity contribution in [2.24, 2.45) is 0 Å². The Morgan fingerprint density at radius 2 is 1.88 bits per heavy atom. The van der Waals surface area contributed by atoms with E-state index >= 15 is 0 Å². The van der Waals surface area contributed by atoms with Crippen LogP contribution in [0.25, 0.3) is 10.9 Å². The SMILES string of the molecule is Brc1cccc2c(NC3CCN(Cc4ccccn4)CC3)ccnc12. The Bertz CT molecular complexity index is 845. The van der Waals surface area contributed by atoms with Crippen LogP contribution in [0.4, 0.5) is 5.69 Å². The van der Waals surface area contributed by atoms with E-state index in [-0.39, 0.29) is 0 Å². The molecule has 2 aromatic heterocycles. The zero-order valence-corrected chi connectivity index (χ0v) is 15.6. The molecule has 0 aliphatic carbocycles. The van der Waals surface area contributed by atoms with Gasteiger partial charge in [-0.25, -0.2) is 0 Å². The number of anilines is 1. The number of nitrogens with one attached hydrogen (secondary N) is 1. The van der Waals surface area contributed by atoms with Gasteiger partial charge in [0, 0.05) is 53.6 Å². The van der Waals surface area contributed by atoms with Gasteiger partial charge < -0.3 is 5.32 Å². The number of halogens is 1. The molecule has 0 radical (unpaired) electrons. The van der Waals surface area contributed by atoms with E-state index in [0.717, 1.165) is 48.2 Å². The predicted octanol–water partition coefficient (Wildman–Crippen LogP) is 4.47. The summed E-state index contributed by atoms with van der Waals surface area (Å²) in [6, 6.07) is 14.9. The molecule has 3 aromatic rings. The number of para-hydroxylation sites is 1. The molecule has 1 aliphatic heterocycles. The van der Waals surface area contributed by atoms with Gasteiger partial charge in [0.1, 0.15) is 0 Å². The zero-order chi connectivity index (χ0) is 17.1. The van der Waals surface area contributed by atoms with Crippen molar-refractivity contribution in [3.05, 3.63) is 65.0 Å². The lowest BCUT2D eigenvalue weighted by atomic mass is 10.0. The van der Waals surface area contributed by atoms with Crippen LogP contribution in [0.3, 0.4) is 0 Å². The molecule has 0 unspecified atom stereocenters. The summed E-state index contributed by atoms with van der Waals surface area (Å²) in [5.74, 6) is 0. The van der Waals surface area contributed by atoms with Crippen LogP contribution in [-0.4, -0.2) is 34.0 Å². The van der Waals surface area contributed by atoms with Crippen LogP contribution in [0, 0.1) is 0 Å². The number of rotatable bonds is 4. The summed E-state index contributed by atoms with van der Waals surface area (Å²) in [5.41, 5.74) is 3.34.